The largest absolute Gasteiger partial charge is 0.0999 e. The predicted molar refractivity (Wildman–Crippen MR) is 106 cm³/mol. The third-order valence-corrected chi connectivity index (χ3v) is 8.97. The van der Waals surface area contributed by atoms with Crippen LogP contribution < -0.4 is 0 Å². The molecule has 0 bridgehead atoms. The summed E-state index contributed by atoms with van der Waals surface area (Å²) >= 11 is 0. The van der Waals surface area contributed by atoms with E-state index in [0.717, 1.165) is 41.4 Å². The molecule has 3 fully saturated rings. The molecule has 0 radical (unpaired) electrons. The van der Waals surface area contributed by atoms with Crippen molar-refractivity contribution in [2.75, 3.05) is 0 Å². The van der Waals surface area contributed by atoms with Crippen molar-refractivity contribution in [3.8, 4) is 0 Å². The van der Waals surface area contributed by atoms with E-state index >= 15 is 0 Å². The zero-order valence-corrected chi connectivity index (χ0v) is 17.1. The molecule has 0 amide bonds. The van der Waals surface area contributed by atoms with Gasteiger partial charge < -0.3 is 0 Å². The minimum Gasteiger partial charge on any atom is -0.0999 e. The summed E-state index contributed by atoms with van der Waals surface area (Å²) in [6, 6.07) is 0. The van der Waals surface area contributed by atoms with Gasteiger partial charge in [0.1, 0.15) is 0 Å². The quantitative estimate of drug-likeness (QED) is 0.468. The first kappa shape index (κ1) is 18.5. The molecule has 0 aliphatic heterocycles. The van der Waals surface area contributed by atoms with E-state index < -0.39 is 0 Å². The Balaban J connectivity index is 1.72. The maximum atomic E-state index is 4.29. The van der Waals surface area contributed by atoms with Crippen molar-refractivity contribution in [3.05, 3.63) is 12.2 Å². The first-order valence-electron chi connectivity index (χ1n) is 11.0. The molecule has 0 aromatic carbocycles. The highest BCUT2D eigenvalue weighted by Crippen LogP contribution is 2.59. The second-order valence-corrected chi connectivity index (χ2v) is 10.4. The summed E-state index contributed by atoms with van der Waals surface area (Å²) in [6.07, 6.45) is 13.3. The van der Waals surface area contributed by atoms with Crippen LogP contribution in [0.25, 0.3) is 0 Å². The lowest BCUT2D eigenvalue weighted by atomic mass is 9.49. The molecule has 8 unspecified atom stereocenters. The van der Waals surface area contributed by atoms with E-state index in [1.165, 1.54) is 56.9 Å². The van der Waals surface area contributed by atoms with Crippen LogP contribution in [0, 0.1) is 46.8 Å². The molecule has 138 valence electrons. The lowest BCUT2D eigenvalue weighted by molar-refractivity contribution is -0.0679. The SMILES string of the molecule is C=C(C)C(CC)CC1(C)CCC2C3CCC(C)CC3CCC2C1C. The van der Waals surface area contributed by atoms with Gasteiger partial charge in [-0.15, -0.1) is 0 Å². The van der Waals surface area contributed by atoms with Crippen molar-refractivity contribution < 1.29 is 0 Å². The molecule has 24 heavy (non-hydrogen) atoms. The van der Waals surface area contributed by atoms with E-state index in [1.54, 1.807) is 6.42 Å². The van der Waals surface area contributed by atoms with Gasteiger partial charge in [-0.1, -0.05) is 46.3 Å². The molecule has 3 saturated carbocycles. The van der Waals surface area contributed by atoms with E-state index in [-0.39, 0.29) is 0 Å². The third kappa shape index (κ3) is 3.36. The molecule has 0 aromatic heterocycles. The maximum Gasteiger partial charge on any atom is -0.0206 e. The zero-order chi connectivity index (χ0) is 17.5. The Morgan fingerprint density at radius 2 is 1.75 bits per heavy atom. The van der Waals surface area contributed by atoms with E-state index in [9.17, 15) is 0 Å². The standard InChI is InChI=1S/C24H42/c1-7-19(16(2)3)15-24(6)13-12-23-21(18(24)5)11-9-20-14-17(4)8-10-22(20)23/h17-23H,2,7-15H2,1,3-6H3. The summed E-state index contributed by atoms with van der Waals surface area (Å²) in [6.45, 7) is 16.6. The van der Waals surface area contributed by atoms with E-state index in [4.69, 9.17) is 0 Å². The monoisotopic (exact) mass is 330 g/mol. The van der Waals surface area contributed by atoms with Crippen LogP contribution in [0.5, 0.6) is 0 Å². The molecule has 0 N–H and O–H groups in total. The fraction of sp³-hybridized carbons (Fsp3) is 0.917. The molecule has 0 spiro atoms. The lowest BCUT2D eigenvalue weighted by Gasteiger charge is -2.57. The molecule has 3 rings (SSSR count). The van der Waals surface area contributed by atoms with Crippen LogP contribution in [0.4, 0.5) is 0 Å². The summed E-state index contributed by atoms with van der Waals surface area (Å²) in [5.41, 5.74) is 1.97. The Hall–Kier alpha value is -0.260. The molecule has 0 nitrogen and oxygen atoms in total. The van der Waals surface area contributed by atoms with Crippen LogP contribution >= 0.6 is 0 Å². The van der Waals surface area contributed by atoms with Crippen molar-refractivity contribution in [3.63, 3.8) is 0 Å². The molecule has 3 aliphatic carbocycles. The molecule has 8 atom stereocenters. The van der Waals surface area contributed by atoms with Gasteiger partial charge in [-0.25, -0.2) is 0 Å². The fourth-order valence-corrected chi connectivity index (χ4v) is 7.16. The summed E-state index contributed by atoms with van der Waals surface area (Å²) in [4.78, 5) is 0. The van der Waals surface area contributed by atoms with Gasteiger partial charge in [0.25, 0.3) is 0 Å². The highest BCUT2D eigenvalue weighted by atomic mass is 14.6. The van der Waals surface area contributed by atoms with Gasteiger partial charge in [0.15, 0.2) is 0 Å². The zero-order valence-electron chi connectivity index (χ0n) is 17.1. The van der Waals surface area contributed by atoms with Gasteiger partial charge in [-0.2, -0.15) is 0 Å². The maximum absolute atomic E-state index is 4.29. The van der Waals surface area contributed by atoms with Crippen molar-refractivity contribution in [1.82, 2.24) is 0 Å². The number of rotatable bonds is 4. The van der Waals surface area contributed by atoms with Gasteiger partial charge in [0, 0.05) is 0 Å². The fourth-order valence-electron chi connectivity index (χ4n) is 7.16. The summed E-state index contributed by atoms with van der Waals surface area (Å²) < 4.78 is 0. The number of allylic oxidation sites excluding steroid dienone is 1. The Kier molecular flexibility index (Phi) is 5.53. The van der Waals surface area contributed by atoms with Crippen molar-refractivity contribution in [2.45, 2.75) is 92.4 Å². The van der Waals surface area contributed by atoms with Crippen molar-refractivity contribution in [1.29, 1.82) is 0 Å². The second-order valence-electron chi connectivity index (χ2n) is 10.4. The van der Waals surface area contributed by atoms with Crippen LogP contribution in [0.3, 0.4) is 0 Å². The van der Waals surface area contributed by atoms with Gasteiger partial charge in [-0.3, -0.25) is 0 Å². The van der Waals surface area contributed by atoms with Crippen LogP contribution in [-0.2, 0) is 0 Å². The Morgan fingerprint density at radius 3 is 2.42 bits per heavy atom. The topological polar surface area (TPSA) is 0 Å². The van der Waals surface area contributed by atoms with Gasteiger partial charge in [-0.05, 0) is 105 Å². The lowest BCUT2D eigenvalue weighted by Crippen LogP contribution is -2.48. The molecular weight excluding hydrogens is 288 g/mol. The summed E-state index contributed by atoms with van der Waals surface area (Å²) in [5, 5.41) is 0. The molecular formula is C24H42. The number of hydrogen-bond donors (Lipinski definition) is 0. The minimum absolute atomic E-state index is 0.551. The van der Waals surface area contributed by atoms with Crippen LogP contribution in [0.2, 0.25) is 0 Å². The highest BCUT2D eigenvalue weighted by Gasteiger charge is 2.50. The van der Waals surface area contributed by atoms with E-state index in [0.29, 0.717) is 5.41 Å². The predicted octanol–water partition coefficient (Wildman–Crippen LogP) is 7.49. The Morgan fingerprint density at radius 1 is 1.04 bits per heavy atom. The van der Waals surface area contributed by atoms with Crippen molar-refractivity contribution in [2.24, 2.45) is 46.8 Å². The second kappa shape index (κ2) is 7.16. The molecule has 0 aromatic rings. The summed E-state index contributed by atoms with van der Waals surface area (Å²) in [7, 11) is 0. The Labute approximate surface area is 151 Å². The minimum atomic E-state index is 0.551. The van der Waals surface area contributed by atoms with Crippen molar-refractivity contribution >= 4 is 0 Å². The smallest absolute Gasteiger partial charge is 0.0206 e. The molecule has 0 saturated heterocycles. The highest BCUT2D eigenvalue weighted by molar-refractivity contribution is 5.04. The normalized spacial score (nSPS) is 46.7. The van der Waals surface area contributed by atoms with Gasteiger partial charge >= 0.3 is 0 Å². The van der Waals surface area contributed by atoms with Crippen LogP contribution in [-0.4, -0.2) is 0 Å². The average Bonchev–Trinajstić information content (AvgIpc) is 2.55. The molecule has 0 heteroatoms. The summed E-state index contributed by atoms with van der Waals surface area (Å²) in [5.74, 6) is 6.87. The first-order chi connectivity index (χ1) is 11.4. The van der Waals surface area contributed by atoms with E-state index in [2.05, 4.69) is 41.2 Å². The van der Waals surface area contributed by atoms with E-state index in [1.807, 2.05) is 0 Å². The van der Waals surface area contributed by atoms with Crippen LogP contribution in [0.15, 0.2) is 12.2 Å². The van der Waals surface area contributed by atoms with Gasteiger partial charge in [0.2, 0.25) is 0 Å². The first-order valence-corrected chi connectivity index (χ1v) is 11.0. The number of fused-ring (bicyclic) bond motifs is 3. The third-order valence-electron chi connectivity index (χ3n) is 8.97. The van der Waals surface area contributed by atoms with Gasteiger partial charge in [0.05, 0.1) is 0 Å². The molecule has 3 aliphatic rings. The Bertz CT molecular complexity index is 449. The van der Waals surface area contributed by atoms with Crippen LogP contribution in [0.1, 0.15) is 92.4 Å². The average molecular weight is 331 g/mol. The molecule has 0 heterocycles. The number of hydrogen-bond acceptors (Lipinski definition) is 0.